The van der Waals surface area contributed by atoms with Crippen molar-refractivity contribution in [2.75, 3.05) is 6.26 Å². The van der Waals surface area contributed by atoms with Gasteiger partial charge in [-0.1, -0.05) is 37.3 Å². The van der Waals surface area contributed by atoms with Crippen molar-refractivity contribution in [3.63, 3.8) is 0 Å². The molecule has 7 heteroatoms. The summed E-state index contributed by atoms with van der Waals surface area (Å²) >= 11 is 0. The first-order valence-electron chi connectivity index (χ1n) is 9.80. The Labute approximate surface area is 181 Å². The van der Waals surface area contributed by atoms with Gasteiger partial charge in [0.2, 0.25) is 0 Å². The molecule has 0 spiro atoms. The second-order valence-electron chi connectivity index (χ2n) is 7.34. The van der Waals surface area contributed by atoms with Gasteiger partial charge in [-0.3, -0.25) is 4.79 Å². The zero-order valence-electron chi connectivity index (χ0n) is 17.3. The smallest absolute Gasteiger partial charge is 0.254 e. The zero-order valence-corrected chi connectivity index (χ0v) is 18.1. The summed E-state index contributed by atoms with van der Waals surface area (Å²) in [6.45, 7) is 2.00. The summed E-state index contributed by atoms with van der Waals surface area (Å²) in [5.41, 5.74) is 1.53. The molecule has 0 aliphatic heterocycles. The van der Waals surface area contributed by atoms with Gasteiger partial charge in [0.1, 0.15) is 11.6 Å². The highest BCUT2D eigenvalue weighted by Crippen LogP contribution is 2.29. The summed E-state index contributed by atoms with van der Waals surface area (Å²) in [5, 5.41) is 0. The molecule has 0 aromatic heterocycles. The molecule has 1 unspecified atom stereocenters. The fraction of sp³-hybridized carbons (Fsp3) is 0.208. The van der Waals surface area contributed by atoms with Crippen LogP contribution in [0.1, 0.15) is 40.9 Å². The molecule has 0 N–H and O–H groups in total. The van der Waals surface area contributed by atoms with Gasteiger partial charge in [-0.25, -0.2) is 17.2 Å². The van der Waals surface area contributed by atoms with E-state index in [1.807, 2.05) is 6.92 Å². The molecule has 3 aromatic rings. The Bertz CT molecular complexity index is 1180. The number of hydrogen-bond acceptors (Lipinski definition) is 3. The number of benzene rings is 3. The van der Waals surface area contributed by atoms with E-state index in [-0.39, 0.29) is 22.8 Å². The number of rotatable bonds is 7. The lowest BCUT2D eigenvalue weighted by atomic mass is 10.0. The maximum Gasteiger partial charge on any atom is 0.254 e. The molecule has 3 rings (SSSR count). The lowest BCUT2D eigenvalue weighted by Gasteiger charge is -2.32. The third-order valence-electron chi connectivity index (χ3n) is 5.03. The van der Waals surface area contributed by atoms with Gasteiger partial charge in [-0.2, -0.15) is 0 Å². The molecule has 0 radical (unpaired) electrons. The van der Waals surface area contributed by atoms with Gasteiger partial charge < -0.3 is 4.90 Å². The van der Waals surface area contributed by atoms with Gasteiger partial charge >= 0.3 is 0 Å². The molecule has 0 fully saturated rings. The molecule has 3 aromatic carbocycles. The third kappa shape index (κ3) is 5.55. The Morgan fingerprint density at radius 1 is 0.935 bits per heavy atom. The molecule has 31 heavy (non-hydrogen) atoms. The van der Waals surface area contributed by atoms with Gasteiger partial charge in [0.05, 0.1) is 10.9 Å². The average Bonchev–Trinajstić information content (AvgIpc) is 2.74. The lowest BCUT2D eigenvalue weighted by Crippen LogP contribution is -2.34. The second kappa shape index (κ2) is 9.39. The van der Waals surface area contributed by atoms with E-state index in [1.165, 1.54) is 42.5 Å². The van der Waals surface area contributed by atoms with Gasteiger partial charge in [0.25, 0.3) is 5.91 Å². The molecular formula is C24H23F2NO3S. The van der Waals surface area contributed by atoms with Crippen LogP contribution >= 0.6 is 0 Å². The first-order chi connectivity index (χ1) is 14.7. The number of sulfone groups is 1. The Morgan fingerprint density at radius 3 is 2.23 bits per heavy atom. The van der Waals surface area contributed by atoms with E-state index in [2.05, 4.69) is 0 Å². The monoisotopic (exact) mass is 443 g/mol. The molecule has 1 atom stereocenters. The predicted molar refractivity (Wildman–Crippen MR) is 115 cm³/mol. The summed E-state index contributed by atoms with van der Waals surface area (Å²) in [4.78, 5) is 15.1. The van der Waals surface area contributed by atoms with Crippen molar-refractivity contribution >= 4 is 15.7 Å². The number of carbonyl (C=O) groups is 1. The van der Waals surface area contributed by atoms with Crippen molar-refractivity contribution in [1.29, 1.82) is 0 Å². The first kappa shape index (κ1) is 22.6. The van der Waals surface area contributed by atoms with Gasteiger partial charge in [0.15, 0.2) is 9.84 Å². The first-order valence-corrected chi connectivity index (χ1v) is 11.7. The normalized spacial score (nSPS) is 12.4. The van der Waals surface area contributed by atoms with E-state index in [1.54, 1.807) is 35.2 Å². The van der Waals surface area contributed by atoms with Gasteiger partial charge in [-0.15, -0.1) is 0 Å². The van der Waals surface area contributed by atoms with Crippen LogP contribution in [0.25, 0.3) is 0 Å². The Kier molecular flexibility index (Phi) is 6.85. The van der Waals surface area contributed by atoms with Crippen molar-refractivity contribution < 1.29 is 22.0 Å². The van der Waals surface area contributed by atoms with E-state index in [0.29, 0.717) is 12.0 Å². The van der Waals surface area contributed by atoms with Crippen LogP contribution in [0.5, 0.6) is 0 Å². The van der Waals surface area contributed by atoms with Crippen molar-refractivity contribution in [1.82, 2.24) is 4.90 Å². The van der Waals surface area contributed by atoms with Crippen molar-refractivity contribution in [2.24, 2.45) is 0 Å². The van der Waals surface area contributed by atoms with Gasteiger partial charge in [-0.05, 0) is 60.0 Å². The van der Waals surface area contributed by atoms with Crippen molar-refractivity contribution in [3.8, 4) is 0 Å². The Balaban J connectivity index is 2.06. The zero-order chi connectivity index (χ0) is 22.6. The number of halogens is 2. The third-order valence-corrected chi connectivity index (χ3v) is 6.14. The SMILES string of the molecule is CCC(c1ccc(F)cc1)N(Cc1cccc(F)c1)C(=O)c1cccc(S(C)(=O)=O)c1. The molecule has 0 saturated heterocycles. The van der Waals surface area contributed by atoms with E-state index in [4.69, 9.17) is 0 Å². The van der Waals surface area contributed by atoms with Crippen molar-refractivity contribution in [3.05, 3.63) is 101 Å². The van der Waals surface area contributed by atoms with Crippen LogP contribution < -0.4 is 0 Å². The summed E-state index contributed by atoms with van der Waals surface area (Å²) < 4.78 is 51.1. The molecule has 4 nitrogen and oxygen atoms in total. The van der Waals surface area contributed by atoms with Crippen LogP contribution in [-0.4, -0.2) is 25.5 Å². The summed E-state index contributed by atoms with van der Waals surface area (Å²) in [7, 11) is -3.49. The van der Waals surface area contributed by atoms with Crippen LogP contribution in [0.15, 0.2) is 77.7 Å². The molecule has 0 aliphatic carbocycles. The largest absolute Gasteiger partial charge is 0.327 e. The van der Waals surface area contributed by atoms with Gasteiger partial charge in [0, 0.05) is 18.4 Å². The minimum Gasteiger partial charge on any atom is -0.327 e. The highest BCUT2D eigenvalue weighted by Gasteiger charge is 2.26. The summed E-state index contributed by atoms with van der Waals surface area (Å²) in [6, 6.07) is 17.3. The highest BCUT2D eigenvalue weighted by molar-refractivity contribution is 7.90. The fourth-order valence-electron chi connectivity index (χ4n) is 3.50. The second-order valence-corrected chi connectivity index (χ2v) is 9.35. The van der Waals surface area contributed by atoms with Crippen LogP contribution in [-0.2, 0) is 16.4 Å². The molecule has 162 valence electrons. The fourth-order valence-corrected chi connectivity index (χ4v) is 4.17. The highest BCUT2D eigenvalue weighted by atomic mass is 32.2. The maximum atomic E-state index is 13.8. The topological polar surface area (TPSA) is 54.5 Å². The lowest BCUT2D eigenvalue weighted by molar-refractivity contribution is 0.0652. The summed E-state index contributed by atoms with van der Waals surface area (Å²) in [5.74, 6) is -1.20. The molecule has 1 amide bonds. The van der Waals surface area contributed by atoms with Crippen LogP contribution in [0.3, 0.4) is 0 Å². The molecular weight excluding hydrogens is 420 g/mol. The molecule has 0 aliphatic rings. The van der Waals surface area contributed by atoms with E-state index in [0.717, 1.165) is 11.8 Å². The Hall–Kier alpha value is -3.06. The number of hydrogen-bond donors (Lipinski definition) is 0. The maximum absolute atomic E-state index is 13.8. The van der Waals surface area contributed by atoms with E-state index < -0.39 is 27.6 Å². The van der Waals surface area contributed by atoms with Crippen molar-refractivity contribution in [2.45, 2.75) is 30.8 Å². The standard InChI is InChI=1S/C24H23F2NO3S/c1-3-23(18-10-12-20(25)13-11-18)27(16-17-6-4-8-21(26)14-17)24(28)19-7-5-9-22(15-19)31(2,29)30/h4-15,23H,3,16H2,1-2H3. The Morgan fingerprint density at radius 2 is 1.61 bits per heavy atom. The minimum absolute atomic E-state index is 0.0406. The van der Waals surface area contributed by atoms with E-state index >= 15 is 0 Å². The van der Waals surface area contributed by atoms with Crippen LogP contribution in [0, 0.1) is 11.6 Å². The predicted octanol–water partition coefficient (Wildman–Crippen LogP) is 5.16. The molecule has 0 saturated carbocycles. The van der Waals surface area contributed by atoms with E-state index in [9.17, 15) is 22.0 Å². The average molecular weight is 444 g/mol. The molecule has 0 heterocycles. The number of carbonyl (C=O) groups excluding carboxylic acids is 1. The summed E-state index contributed by atoms with van der Waals surface area (Å²) in [6.07, 6.45) is 1.60. The number of amides is 1. The van der Waals surface area contributed by atoms with Crippen LogP contribution in [0.4, 0.5) is 8.78 Å². The van der Waals surface area contributed by atoms with Crippen LogP contribution in [0.2, 0.25) is 0 Å². The molecule has 0 bridgehead atoms. The minimum atomic E-state index is -3.49. The number of nitrogens with zero attached hydrogens (tertiary/aromatic N) is 1. The quantitative estimate of drug-likeness (QED) is 0.507.